The highest BCUT2D eigenvalue weighted by molar-refractivity contribution is 7.71. The maximum atomic E-state index is 13.0. The van der Waals surface area contributed by atoms with Crippen LogP contribution in [0.1, 0.15) is 35.6 Å². The first-order valence-electron chi connectivity index (χ1n) is 9.58. The maximum absolute atomic E-state index is 13.0. The number of nitrogens with zero attached hydrogens (tertiary/aromatic N) is 6. The van der Waals surface area contributed by atoms with Crippen LogP contribution in [0.5, 0.6) is 0 Å². The molecule has 0 saturated heterocycles. The van der Waals surface area contributed by atoms with Crippen LogP contribution in [-0.4, -0.2) is 34.3 Å². The Balaban J connectivity index is 1.58. The molecular formula is C20H20F3N7S. The number of hydrogen-bond acceptors (Lipinski definition) is 4. The van der Waals surface area contributed by atoms with E-state index in [4.69, 9.17) is 12.2 Å². The topological polar surface area (TPSA) is 69.2 Å². The second-order valence-corrected chi connectivity index (χ2v) is 7.74. The molecule has 4 aromatic rings. The summed E-state index contributed by atoms with van der Waals surface area (Å²) >= 11 is 5.39. The van der Waals surface area contributed by atoms with Gasteiger partial charge < -0.3 is 0 Å². The lowest BCUT2D eigenvalue weighted by molar-refractivity contribution is -0.141. The molecule has 0 saturated carbocycles. The first kappa shape index (κ1) is 21.0. The molecule has 0 aliphatic carbocycles. The van der Waals surface area contributed by atoms with Gasteiger partial charge in [-0.1, -0.05) is 37.3 Å². The molecule has 0 amide bonds. The summed E-state index contributed by atoms with van der Waals surface area (Å²) in [4.78, 5) is 0. The van der Waals surface area contributed by atoms with Gasteiger partial charge in [-0.2, -0.15) is 28.5 Å². The quantitative estimate of drug-likeness (QED) is 0.442. The summed E-state index contributed by atoms with van der Waals surface area (Å²) in [5.41, 5.74) is 1.36. The molecule has 31 heavy (non-hydrogen) atoms. The van der Waals surface area contributed by atoms with Crippen molar-refractivity contribution in [3.05, 3.63) is 76.3 Å². The van der Waals surface area contributed by atoms with Crippen molar-refractivity contribution in [2.24, 2.45) is 0 Å². The molecule has 0 aliphatic heterocycles. The van der Waals surface area contributed by atoms with Crippen LogP contribution in [0, 0.1) is 11.7 Å². The van der Waals surface area contributed by atoms with Crippen molar-refractivity contribution in [3.8, 4) is 5.69 Å². The zero-order chi connectivity index (χ0) is 22.2. The average Bonchev–Trinajstić information content (AvgIpc) is 3.41. The van der Waals surface area contributed by atoms with Gasteiger partial charge in [-0.05, 0) is 30.8 Å². The van der Waals surface area contributed by atoms with Gasteiger partial charge >= 0.3 is 6.18 Å². The summed E-state index contributed by atoms with van der Waals surface area (Å²) in [6.07, 6.45) is -0.937. The molecule has 0 bridgehead atoms. The van der Waals surface area contributed by atoms with E-state index in [0.29, 0.717) is 22.8 Å². The Morgan fingerprint density at radius 3 is 2.61 bits per heavy atom. The normalized spacial score (nSPS) is 12.9. The van der Waals surface area contributed by atoms with Crippen LogP contribution in [0.25, 0.3) is 5.69 Å². The van der Waals surface area contributed by atoms with Crippen molar-refractivity contribution in [1.29, 1.82) is 0 Å². The van der Waals surface area contributed by atoms with Crippen LogP contribution in [0.2, 0.25) is 0 Å². The molecule has 162 valence electrons. The van der Waals surface area contributed by atoms with Crippen molar-refractivity contribution >= 4 is 12.2 Å². The number of halogens is 3. The van der Waals surface area contributed by atoms with Gasteiger partial charge in [0.2, 0.25) is 0 Å². The first-order valence-corrected chi connectivity index (χ1v) is 9.99. The molecule has 0 fully saturated rings. The van der Waals surface area contributed by atoms with E-state index in [1.165, 1.54) is 4.68 Å². The highest BCUT2D eigenvalue weighted by Gasteiger charge is 2.34. The number of H-pyrrole nitrogens is 1. The molecule has 3 aromatic heterocycles. The molecule has 7 nitrogen and oxygen atoms in total. The van der Waals surface area contributed by atoms with Gasteiger partial charge in [0.15, 0.2) is 10.5 Å². The minimum atomic E-state index is -4.48. The summed E-state index contributed by atoms with van der Waals surface area (Å²) in [7, 11) is 0. The number of alkyl halides is 3. The Kier molecular flexibility index (Phi) is 5.52. The fraction of sp³-hybridized carbons (Fsp3) is 0.300. The van der Waals surface area contributed by atoms with Gasteiger partial charge in [0.25, 0.3) is 0 Å². The molecule has 0 aliphatic rings. The maximum Gasteiger partial charge on any atom is 0.435 e. The number of aryl methyl sites for hydroxylation is 1. The Hall–Kier alpha value is -3.21. The molecule has 1 aromatic carbocycles. The predicted octanol–water partition coefficient (Wildman–Crippen LogP) is 4.50. The molecular weight excluding hydrogens is 427 g/mol. The SMILES string of the molecule is Cc1cc(C(F)(F)F)nn1CC(C)c1n[nH]c(=S)n1-c1cnn(Cc2ccccc2)c1. The molecule has 1 unspecified atom stereocenters. The van der Waals surface area contributed by atoms with E-state index in [0.717, 1.165) is 17.3 Å². The summed E-state index contributed by atoms with van der Waals surface area (Å²) in [6, 6.07) is 11.0. The zero-order valence-corrected chi connectivity index (χ0v) is 17.7. The van der Waals surface area contributed by atoms with Gasteiger partial charge in [-0.3, -0.25) is 19.0 Å². The molecule has 1 N–H and O–H groups in total. The van der Waals surface area contributed by atoms with Crippen molar-refractivity contribution in [3.63, 3.8) is 0 Å². The molecule has 0 spiro atoms. The minimum absolute atomic E-state index is 0.222. The number of rotatable bonds is 6. The van der Waals surface area contributed by atoms with Crippen LogP contribution >= 0.6 is 12.2 Å². The summed E-state index contributed by atoms with van der Waals surface area (Å²) in [5, 5.41) is 15.2. The minimum Gasteiger partial charge on any atom is -0.269 e. The fourth-order valence-electron chi connectivity index (χ4n) is 3.39. The lowest BCUT2D eigenvalue weighted by Gasteiger charge is -2.13. The number of aromatic amines is 1. The second kappa shape index (κ2) is 8.14. The second-order valence-electron chi connectivity index (χ2n) is 7.36. The van der Waals surface area contributed by atoms with Crippen LogP contribution in [0.15, 0.2) is 48.8 Å². The van der Waals surface area contributed by atoms with E-state index in [9.17, 15) is 13.2 Å². The lowest BCUT2D eigenvalue weighted by atomic mass is 10.1. The Morgan fingerprint density at radius 2 is 1.94 bits per heavy atom. The van der Waals surface area contributed by atoms with Gasteiger partial charge in [-0.25, -0.2) is 0 Å². The van der Waals surface area contributed by atoms with Crippen LogP contribution in [0.3, 0.4) is 0 Å². The first-order chi connectivity index (χ1) is 14.7. The van der Waals surface area contributed by atoms with E-state index in [-0.39, 0.29) is 12.5 Å². The summed E-state index contributed by atoms with van der Waals surface area (Å²) < 4.78 is 44.2. The third-order valence-corrected chi connectivity index (χ3v) is 5.20. The zero-order valence-electron chi connectivity index (χ0n) is 16.8. The van der Waals surface area contributed by atoms with E-state index in [1.54, 1.807) is 22.4 Å². The number of aromatic nitrogens is 7. The molecule has 3 heterocycles. The molecule has 4 rings (SSSR count). The van der Waals surface area contributed by atoms with Crippen molar-refractivity contribution in [2.45, 2.75) is 39.0 Å². The lowest BCUT2D eigenvalue weighted by Crippen LogP contribution is -2.15. The summed E-state index contributed by atoms with van der Waals surface area (Å²) in [5.74, 6) is 0.331. The van der Waals surface area contributed by atoms with Crippen molar-refractivity contribution < 1.29 is 13.2 Å². The van der Waals surface area contributed by atoms with Crippen molar-refractivity contribution in [1.82, 2.24) is 34.3 Å². The Morgan fingerprint density at radius 1 is 1.19 bits per heavy atom. The van der Waals surface area contributed by atoms with Gasteiger partial charge in [0.05, 0.1) is 25.0 Å². The molecule has 1 atom stereocenters. The number of benzene rings is 1. The number of hydrogen-bond donors (Lipinski definition) is 1. The molecule has 0 radical (unpaired) electrons. The molecule has 11 heteroatoms. The van der Waals surface area contributed by atoms with E-state index < -0.39 is 11.9 Å². The largest absolute Gasteiger partial charge is 0.435 e. The van der Waals surface area contributed by atoms with Crippen LogP contribution in [-0.2, 0) is 19.3 Å². The standard InChI is InChI=1S/C20H20F3N7S/c1-13(10-29-14(2)8-17(27-29)20(21,22)23)18-25-26-19(31)30(18)16-9-24-28(12-16)11-15-6-4-3-5-7-15/h3-9,12-13H,10-11H2,1-2H3,(H,26,31). The fourth-order valence-corrected chi connectivity index (χ4v) is 3.63. The van der Waals surface area contributed by atoms with Gasteiger partial charge in [0.1, 0.15) is 5.82 Å². The Bertz CT molecular complexity index is 1230. The third-order valence-electron chi connectivity index (χ3n) is 4.92. The number of nitrogens with one attached hydrogen (secondary N) is 1. The van der Waals surface area contributed by atoms with Crippen LogP contribution < -0.4 is 0 Å². The monoisotopic (exact) mass is 447 g/mol. The van der Waals surface area contributed by atoms with E-state index in [1.807, 2.05) is 43.5 Å². The summed E-state index contributed by atoms with van der Waals surface area (Å²) in [6.45, 7) is 4.28. The smallest absolute Gasteiger partial charge is 0.269 e. The van der Waals surface area contributed by atoms with Crippen LogP contribution in [0.4, 0.5) is 13.2 Å². The van der Waals surface area contributed by atoms with Crippen molar-refractivity contribution in [2.75, 3.05) is 0 Å². The third kappa shape index (κ3) is 4.46. The highest BCUT2D eigenvalue weighted by atomic mass is 32.1. The average molecular weight is 447 g/mol. The Labute approximate surface area is 181 Å². The van der Waals surface area contributed by atoms with Gasteiger partial charge in [0, 0.05) is 17.8 Å². The highest BCUT2D eigenvalue weighted by Crippen LogP contribution is 2.29. The predicted molar refractivity (Wildman–Crippen MR) is 110 cm³/mol. The van der Waals surface area contributed by atoms with E-state index >= 15 is 0 Å². The van der Waals surface area contributed by atoms with E-state index in [2.05, 4.69) is 20.4 Å². The van der Waals surface area contributed by atoms with Gasteiger partial charge in [-0.15, -0.1) is 0 Å².